The highest BCUT2D eigenvalue weighted by molar-refractivity contribution is 5.87. The molecule has 0 atom stereocenters. The summed E-state index contributed by atoms with van der Waals surface area (Å²) in [5.41, 5.74) is 10.5. The summed E-state index contributed by atoms with van der Waals surface area (Å²) in [5, 5.41) is 3.22. The van der Waals surface area contributed by atoms with Crippen LogP contribution in [0.5, 0.6) is 0 Å². The molecule has 6 heteroatoms. The molecule has 1 aliphatic heterocycles. The van der Waals surface area contributed by atoms with Crippen molar-refractivity contribution in [3.63, 3.8) is 0 Å². The van der Waals surface area contributed by atoms with Crippen LogP contribution in [0, 0.1) is 11.7 Å². The fourth-order valence-corrected chi connectivity index (χ4v) is 4.01. The Labute approximate surface area is 152 Å². The summed E-state index contributed by atoms with van der Waals surface area (Å²) in [6, 6.07) is 9.19. The van der Waals surface area contributed by atoms with E-state index in [4.69, 9.17) is 5.73 Å². The number of rotatable bonds is 3. The Morgan fingerprint density at radius 1 is 1.15 bits per heavy atom. The summed E-state index contributed by atoms with van der Waals surface area (Å²) in [4.78, 5) is 9.68. The lowest BCUT2D eigenvalue weighted by atomic mass is 9.82. The molecular formula is C20H24FN5. The number of fused-ring (bicyclic) bond motifs is 1. The number of H-pyrrole nitrogens is 1. The number of benzene rings is 1. The van der Waals surface area contributed by atoms with Gasteiger partial charge in [-0.25, -0.2) is 9.38 Å². The number of nitrogens with zero attached hydrogens (tertiary/aromatic N) is 2. The predicted molar refractivity (Wildman–Crippen MR) is 104 cm³/mol. The van der Waals surface area contributed by atoms with Crippen molar-refractivity contribution in [2.45, 2.75) is 31.7 Å². The Balaban J connectivity index is 1.44. The van der Waals surface area contributed by atoms with Crippen LogP contribution in [0.4, 0.5) is 15.9 Å². The van der Waals surface area contributed by atoms with Gasteiger partial charge < -0.3 is 20.9 Å². The maximum Gasteiger partial charge on any atom is 0.141 e. The molecule has 1 aliphatic carbocycles. The highest BCUT2D eigenvalue weighted by atomic mass is 19.1. The molecule has 0 amide bonds. The average Bonchev–Trinajstić information content (AvgIpc) is 3.16. The van der Waals surface area contributed by atoms with E-state index in [1.165, 1.54) is 12.1 Å². The normalized spacial score (nSPS) is 23.9. The molecule has 1 fully saturated rings. The summed E-state index contributed by atoms with van der Waals surface area (Å²) in [5.74, 6) is 1.02. The molecule has 2 aromatic rings. The second-order valence-corrected chi connectivity index (χ2v) is 7.07. The Bertz CT molecular complexity index is 828. The molecule has 26 heavy (non-hydrogen) atoms. The molecule has 1 saturated carbocycles. The predicted octanol–water partition coefficient (Wildman–Crippen LogP) is 3.74. The van der Waals surface area contributed by atoms with E-state index in [1.54, 1.807) is 6.34 Å². The molecule has 1 aromatic carbocycles. The van der Waals surface area contributed by atoms with E-state index in [1.807, 2.05) is 24.4 Å². The van der Waals surface area contributed by atoms with Crippen molar-refractivity contribution in [3.05, 3.63) is 53.6 Å². The molecule has 1 aromatic heterocycles. The highest BCUT2D eigenvalue weighted by Gasteiger charge is 2.28. The van der Waals surface area contributed by atoms with Gasteiger partial charge in [0.05, 0.1) is 12.0 Å². The quantitative estimate of drug-likeness (QED) is 0.787. The molecule has 136 valence electrons. The maximum absolute atomic E-state index is 13.1. The van der Waals surface area contributed by atoms with Crippen LogP contribution in [0.25, 0.3) is 5.70 Å². The molecule has 2 aliphatic rings. The van der Waals surface area contributed by atoms with Crippen molar-refractivity contribution in [1.82, 2.24) is 10.3 Å². The van der Waals surface area contributed by atoms with Gasteiger partial charge in [0.1, 0.15) is 11.6 Å². The molecule has 0 bridgehead atoms. The molecule has 0 radical (unpaired) electrons. The SMILES string of the molecule is CN(c1ccc(F)cc1)C1CCC(/C(N)=C2/NC=Nc3[nH]ccc32)CC1. The Kier molecular flexibility index (Phi) is 4.41. The first kappa shape index (κ1) is 16.7. The third kappa shape index (κ3) is 3.07. The Morgan fingerprint density at radius 2 is 1.88 bits per heavy atom. The van der Waals surface area contributed by atoms with Gasteiger partial charge in [-0.1, -0.05) is 0 Å². The van der Waals surface area contributed by atoms with Crippen molar-refractivity contribution in [3.8, 4) is 0 Å². The van der Waals surface area contributed by atoms with E-state index in [0.29, 0.717) is 12.0 Å². The van der Waals surface area contributed by atoms with Gasteiger partial charge in [-0.15, -0.1) is 0 Å². The molecule has 0 spiro atoms. The minimum absolute atomic E-state index is 0.196. The van der Waals surface area contributed by atoms with Crippen molar-refractivity contribution in [1.29, 1.82) is 0 Å². The summed E-state index contributed by atoms with van der Waals surface area (Å²) >= 11 is 0. The third-order valence-electron chi connectivity index (χ3n) is 5.60. The number of allylic oxidation sites excluding steroid dienone is 1. The van der Waals surface area contributed by atoms with Crippen molar-refractivity contribution in [2.75, 3.05) is 11.9 Å². The maximum atomic E-state index is 13.1. The summed E-state index contributed by atoms with van der Waals surface area (Å²) in [7, 11) is 2.09. The van der Waals surface area contributed by atoms with Gasteiger partial charge in [0, 0.05) is 42.2 Å². The lowest BCUT2D eigenvalue weighted by molar-refractivity contribution is 0.353. The number of halogens is 1. The monoisotopic (exact) mass is 353 g/mol. The first-order valence-corrected chi connectivity index (χ1v) is 9.08. The smallest absolute Gasteiger partial charge is 0.141 e. The first-order chi connectivity index (χ1) is 12.6. The van der Waals surface area contributed by atoms with E-state index < -0.39 is 0 Å². The molecule has 2 heterocycles. The molecule has 4 N–H and O–H groups in total. The Hall–Kier alpha value is -2.76. The minimum Gasteiger partial charge on any atom is -0.400 e. The van der Waals surface area contributed by atoms with Crippen LogP contribution in [0.15, 0.2) is 47.2 Å². The average molecular weight is 353 g/mol. The number of hydrogen-bond acceptors (Lipinski definition) is 4. The molecule has 0 saturated heterocycles. The number of hydrogen-bond donors (Lipinski definition) is 3. The zero-order valence-electron chi connectivity index (χ0n) is 14.9. The lowest BCUT2D eigenvalue weighted by Crippen LogP contribution is -2.36. The number of aromatic nitrogens is 1. The summed E-state index contributed by atoms with van der Waals surface area (Å²) in [6.07, 6.45) is 7.81. The van der Waals surface area contributed by atoms with Gasteiger partial charge in [-0.05, 0) is 56.0 Å². The zero-order chi connectivity index (χ0) is 18.1. The molecule has 4 rings (SSSR count). The van der Waals surface area contributed by atoms with Crippen molar-refractivity contribution in [2.24, 2.45) is 16.6 Å². The fourth-order valence-electron chi connectivity index (χ4n) is 4.01. The van der Waals surface area contributed by atoms with E-state index in [2.05, 4.69) is 27.2 Å². The highest BCUT2D eigenvalue weighted by Crippen LogP contribution is 2.36. The van der Waals surface area contributed by atoms with Gasteiger partial charge >= 0.3 is 0 Å². The van der Waals surface area contributed by atoms with E-state index >= 15 is 0 Å². The number of aromatic amines is 1. The number of nitrogens with one attached hydrogen (secondary N) is 2. The summed E-state index contributed by atoms with van der Waals surface area (Å²) < 4.78 is 13.1. The molecular weight excluding hydrogens is 329 g/mol. The number of anilines is 1. The van der Waals surface area contributed by atoms with Gasteiger partial charge in [-0.3, -0.25) is 0 Å². The van der Waals surface area contributed by atoms with E-state index in [-0.39, 0.29) is 5.82 Å². The number of nitrogens with two attached hydrogens (primary N) is 1. The van der Waals surface area contributed by atoms with Crippen LogP contribution in [-0.4, -0.2) is 24.4 Å². The largest absolute Gasteiger partial charge is 0.400 e. The fraction of sp³-hybridized carbons (Fsp3) is 0.350. The van der Waals surface area contributed by atoms with Gasteiger partial charge in [-0.2, -0.15) is 0 Å². The standard InChI is InChI=1S/C20H24FN5/c1-26(16-8-4-14(21)5-9-16)15-6-2-13(3-7-15)18(22)19-17-10-11-23-20(17)25-12-24-19/h4-5,8-13,15,23H,2-3,6-7,22H2,1H3,(H,24,25)/b19-18-. The van der Waals surface area contributed by atoms with E-state index in [0.717, 1.165) is 54.1 Å². The van der Waals surface area contributed by atoms with Crippen LogP contribution >= 0.6 is 0 Å². The van der Waals surface area contributed by atoms with E-state index in [9.17, 15) is 4.39 Å². The van der Waals surface area contributed by atoms with Crippen LogP contribution < -0.4 is 16.0 Å². The number of aliphatic imine (C=N–C) groups is 1. The lowest BCUT2D eigenvalue weighted by Gasteiger charge is -2.36. The van der Waals surface area contributed by atoms with Gasteiger partial charge in [0.15, 0.2) is 0 Å². The second-order valence-electron chi connectivity index (χ2n) is 7.07. The van der Waals surface area contributed by atoms with Gasteiger partial charge in [0.25, 0.3) is 0 Å². The summed E-state index contributed by atoms with van der Waals surface area (Å²) in [6.45, 7) is 0. The van der Waals surface area contributed by atoms with Crippen molar-refractivity contribution >= 4 is 23.5 Å². The minimum atomic E-state index is -0.196. The third-order valence-corrected chi connectivity index (χ3v) is 5.60. The Morgan fingerprint density at radius 3 is 2.62 bits per heavy atom. The molecule has 5 nitrogen and oxygen atoms in total. The van der Waals surface area contributed by atoms with Crippen LogP contribution in [-0.2, 0) is 0 Å². The van der Waals surface area contributed by atoms with Gasteiger partial charge in [0.2, 0.25) is 0 Å². The zero-order valence-corrected chi connectivity index (χ0v) is 14.9. The van der Waals surface area contributed by atoms with Crippen LogP contribution in [0.2, 0.25) is 0 Å². The second kappa shape index (κ2) is 6.86. The van der Waals surface area contributed by atoms with Crippen LogP contribution in [0.3, 0.4) is 0 Å². The van der Waals surface area contributed by atoms with Crippen molar-refractivity contribution < 1.29 is 4.39 Å². The topological polar surface area (TPSA) is 69.4 Å². The molecule has 0 unspecified atom stereocenters. The first-order valence-electron chi connectivity index (χ1n) is 9.08. The van der Waals surface area contributed by atoms with Crippen LogP contribution in [0.1, 0.15) is 31.2 Å².